The molecule has 1 aliphatic rings. The van der Waals surface area contributed by atoms with Crippen molar-refractivity contribution in [2.75, 3.05) is 20.6 Å². The van der Waals surface area contributed by atoms with E-state index in [9.17, 15) is 4.79 Å². The van der Waals surface area contributed by atoms with Gasteiger partial charge in [0, 0.05) is 27.1 Å². The first-order chi connectivity index (χ1) is 6.15. The molecule has 72 valence electrons. The average Bonchev–Trinajstić information content (AvgIpc) is 2.44. The first-order valence-corrected chi connectivity index (χ1v) is 4.35. The van der Waals surface area contributed by atoms with E-state index in [0.29, 0.717) is 17.2 Å². The van der Waals surface area contributed by atoms with Gasteiger partial charge < -0.3 is 10.2 Å². The Bertz CT molecular complexity index is 263. The standard InChI is InChI=1S/C7H12N4OS/c1-8-7(13)10-9-5-3-4-11(2)6(5)12/h3-4H2,1-2H3,(H2,8,10,13)/b9-5-. The van der Waals surface area contributed by atoms with Crippen LogP contribution in [0, 0.1) is 0 Å². The summed E-state index contributed by atoms with van der Waals surface area (Å²) in [7, 11) is 3.44. The van der Waals surface area contributed by atoms with Crippen molar-refractivity contribution in [1.29, 1.82) is 0 Å². The summed E-state index contributed by atoms with van der Waals surface area (Å²) in [4.78, 5) is 12.9. The molecule has 0 unspecified atom stereocenters. The average molecular weight is 200 g/mol. The van der Waals surface area contributed by atoms with Crippen LogP contribution >= 0.6 is 12.2 Å². The zero-order chi connectivity index (χ0) is 9.84. The lowest BCUT2D eigenvalue weighted by molar-refractivity contribution is -0.121. The normalized spacial score (nSPS) is 19.4. The Hall–Kier alpha value is -1.17. The number of thiocarbonyl (C=S) groups is 1. The van der Waals surface area contributed by atoms with Crippen LogP contribution in [0.3, 0.4) is 0 Å². The van der Waals surface area contributed by atoms with Gasteiger partial charge in [0.15, 0.2) is 5.11 Å². The molecule has 2 N–H and O–H groups in total. The monoisotopic (exact) mass is 200 g/mol. The molecule has 0 saturated carbocycles. The largest absolute Gasteiger partial charge is 0.364 e. The van der Waals surface area contributed by atoms with E-state index in [2.05, 4.69) is 15.8 Å². The first-order valence-electron chi connectivity index (χ1n) is 3.95. The van der Waals surface area contributed by atoms with Gasteiger partial charge in [0.1, 0.15) is 5.71 Å². The Kier molecular flexibility index (Phi) is 3.18. The molecular formula is C7H12N4OS. The number of rotatable bonds is 1. The van der Waals surface area contributed by atoms with Crippen LogP contribution in [-0.2, 0) is 4.79 Å². The molecular weight excluding hydrogens is 188 g/mol. The maximum atomic E-state index is 11.3. The van der Waals surface area contributed by atoms with Crippen molar-refractivity contribution in [2.24, 2.45) is 5.10 Å². The van der Waals surface area contributed by atoms with E-state index in [1.165, 1.54) is 0 Å². The summed E-state index contributed by atoms with van der Waals surface area (Å²) in [6.45, 7) is 0.728. The smallest absolute Gasteiger partial charge is 0.269 e. The highest BCUT2D eigenvalue weighted by atomic mass is 32.1. The number of amides is 1. The summed E-state index contributed by atoms with van der Waals surface area (Å²) >= 11 is 4.80. The first kappa shape index (κ1) is 9.91. The molecule has 0 bridgehead atoms. The molecule has 1 aliphatic heterocycles. The lowest BCUT2D eigenvalue weighted by Gasteiger charge is -2.04. The molecule has 1 heterocycles. The van der Waals surface area contributed by atoms with Crippen LogP contribution in [0.25, 0.3) is 0 Å². The van der Waals surface area contributed by atoms with Crippen LogP contribution in [0.1, 0.15) is 6.42 Å². The predicted octanol–water partition coefficient (Wildman–Crippen LogP) is -0.702. The van der Waals surface area contributed by atoms with E-state index in [-0.39, 0.29) is 5.91 Å². The Morgan fingerprint density at radius 1 is 1.69 bits per heavy atom. The van der Waals surface area contributed by atoms with Crippen molar-refractivity contribution >= 4 is 28.9 Å². The summed E-state index contributed by atoms with van der Waals surface area (Å²) in [5.41, 5.74) is 3.11. The quantitative estimate of drug-likeness (QED) is 0.434. The second-order valence-corrected chi connectivity index (χ2v) is 3.13. The number of hydrazone groups is 1. The summed E-state index contributed by atoms with van der Waals surface area (Å²) in [6.07, 6.45) is 0.675. The molecule has 0 radical (unpaired) electrons. The van der Waals surface area contributed by atoms with Crippen LogP contribution in [0.4, 0.5) is 0 Å². The van der Waals surface area contributed by atoms with Gasteiger partial charge in [-0.2, -0.15) is 5.10 Å². The molecule has 1 rings (SSSR count). The number of likely N-dealkylation sites (tertiary alicyclic amines) is 1. The third-order valence-electron chi connectivity index (χ3n) is 1.80. The molecule has 0 aromatic heterocycles. The van der Waals surface area contributed by atoms with Crippen molar-refractivity contribution in [2.45, 2.75) is 6.42 Å². The van der Waals surface area contributed by atoms with Crippen molar-refractivity contribution in [3.63, 3.8) is 0 Å². The number of carbonyl (C=O) groups is 1. The topological polar surface area (TPSA) is 56.7 Å². The third-order valence-corrected chi connectivity index (χ3v) is 2.09. The van der Waals surface area contributed by atoms with Gasteiger partial charge in [-0.1, -0.05) is 0 Å². The molecule has 1 fully saturated rings. The molecule has 6 heteroatoms. The van der Waals surface area contributed by atoms with Gasteiger partial charge in [-0.25, -0.2) is 0 Å². The van der Waals surface area contributed by atoms with Gasteiger partial charge in [-0.15, -0.1) is 0 Å². The van der Waals surface area contributed by atoms with Crippen LogP contribution in [-0.4, -0.2) is 42.3 Å². The van der Waals surface area contributed by atoms with Gasteiger partial charge >= 0.3 is 0 Å². The maximum Gasteiger partial charge on any atom is 0.269 e. The number of hydrogen-bond donors (Lipinski definition) is 2. The van der Waals surface area contributed by atoms with E-state index in [1.807, 2.05) is 0 Å². The fraction of sp³-hybridized carbons (Fsp3) is 0.571. The van der Waals surface area contributed by atoms with E-state index >= 15 is 0 Å². The Morgan fingerprint density at radius 2 is 2.38 bits per heavy atom. The minimum atomic E-state index is -0.0357. The summed E-state index contributed by atoms with van der Waals surface area (Å²) in [5.74, 6) is -0.0357. The van der Waals surface area contributed by atoms with E-state index in [4.69, 9.17) is 12.2 Å². The Balaban J connectivity index is 2.53. The van der Waals surface area contributed by atoms with Gasteiger partial charge in [0.2, 0.25) is 0 Å². The summed E-state index contributed by atoms with van der Waals surface area (Å²) in [6, 6.07) is 0. The van der Waals surface area contributed by atoms with Gasteiger partial charge in [-0.05, 0) is 12.2 Å². The van der Waals surface area contributed by atoms with Gasteiger partial charge in [0.05, 0.1) is 0 Å². The van der Waals surface area contributed by atoms with Crippen LogP contribution < -0.4 is 10.7 Å². The molecule has 0 aromatic rings. The highest BCUT2D eigenvalue weighted by Gasteiger charge is 2.24. The minimum Gasteiger partial charge on any atom is -0.364 e. The lowest BCUT2D eigenvalue weighted by Crippen LogP contribution is -2.31. The SMILES string of the molecule is CNC(=S)N/N=C1/CCN(C)C1=O. The zero-order valence-corrected chi connectivity index (χ0v) is 8.44. The van der Waals surface area contributed by atoms with Crippen LogP contribution in [0.5, 0.6) is 0 Å². The third kappa shape index (κ3) is 2.38. The van der Waals surface area contributed by atoms with Crippen LogP contribution in [0.2, 0.25) is 0 Å². The Morgan fingerprint density at radius 3 is 2.85 bits per heavy atom. The van der Waals surface area contributed by atoms with Crippen molar-refractivity contribution in [3.8, 4) is 0 Å². The number of nitrogens with one attached hydrogen (secondary N) is 2. The molecule has 0 aromatic carbocycles. The molecule has 13 heavy (non-hydrogen) atoms. The van der Waals surface area contributed by atoms with E-state index in [0.717, 1.165) is 6.54 Å². The lowest BCUT2D eigenvalue weighted by atomic mass is 10.3. The Labute approximate surface area is 82.2 Å². The highest BCUT2D eigenvalue weighted by Crippen LogP contribution is 2.03. The van der Waals surface area contributed by atoms with Crippen molar-refractivity contribution < 1.29 is 4.79 Å². The summed E-state index contributed by atoms with van der Waals surface area (Å²) in [5, 5.41) is 7.01. The molecule has 0 spiro atoms. The number of nitrogens with zero attached hydrogens (tertiary/aromatic N) is 2. The van der Waals surface area contributed by atoms with Gasteiger partial charge in [-0.3, -0.25) is 10.2 Å². The second-order valence-electron chi connectivity index (χ2n) is 2.73. The van der Waals surface area contributed by atoms with Crippen LogP contribution in [0.15, 0.2) is 5.10 Å². The molecule has 1 saturated heterocycles. The molecule has 5 nitrogen and oxygen atoms in total. The summed E-state index contributed by atoms with van der Waals surface area (Å²) < 4.78 is 0. The fourth-order valence-electron chi connectivity index (χ4n) is 0.980. The minimum absolute atomic E-state index is 0.0357. The van der Waals surface area contributed by atoms with Crippen molar-refractivity contribution in [3.05, 3.63) is 0 Å². The highest BCUT2D eigenvalue weighted by molar-refractivity contribution is 7.80. The van der Waals surface area contributed by atoms with E-state index < -0.39 is 0 Å². The fourth-order valence-corrected chi connectivity index (χ4v) is 1.03. The van der Waals surface area contributed by atoms with Gasteiger partial charge in [0.25, 0.3) is 5.91 Å². The molecule has 0 aliphatic carbocycles. The number of hydrogen-bond acceptors (Lipinski definition) is 3. The molecule has 1 amide bonds. The molecule has 0 atom stereocenters. The van der Waals surface area contributed by atoms with Crippen molar-refractivity contribution in [1.82, 2.24) is 15.6 Å². The predicted molar refractivity (Wildman–Crippen MR) is 54.5 cm³/mol. The zero-order valence-electron chi connectivity index (χ0n) is 7.63. The second kappa shape index (κ2) is 4.18. The van der Waals surface area contributed by atoms with E-state index in [1.54, 1.807) is 19.0 Å². The number of carbonyl (C=O) groups excluding carboxylic acids is 1. The maximum absolute atomic E-state index is 11.3.